The van der Waals surface area contributed by atoms with Gasteiger partial charge in [-0.05, 0) is 66.9 Å². The van der Waals surface area contributed by atoms with Crippen molar-refractivity contribution >= 4 is 26.0 Å². The number of likely N-dealkylation sites (N-methyl/N-ethyl adjacent to an activating group) is 1. The zero-order chi connectivity index (χ0) is 15.2. The zero-order valence-electron chi connectivity index (χ0n) is 12.4. The molecule has 0 radical (unpaired) electrons. The number of rotatable bonds is 2. The minimum Gasteiger partial charge on any atom is -0.299 e. The Balaban J connectivity index is 1.91. The summed E-state index contributed by atoms with van der Waals surface area (Å²) < 4.78 is 28.2. The molecule has 2 fully saturated rings. The van der Waals surface area contributed by atoms with Crippen LogP contribution in [0.4, 0.5) is 0 Å². The molecule has 1 aromatic carbocycles. The first-order chi connectivity index (χ1) is 9.89. The third-order valence-electron chi connectivity index (χ3n) is 4.82. The molecular weight excluding hydrogens is 352 g/mol. The summed E-state index contributed by atoms with van der Waals surface area (Å²) in [5, 5.41) is 0. The summed E-state index contributed by atoms with van der Waals surface area (Å²) in [4.78, 5) is 2.74. The molecule has 0 saturated carbocycles. The van der Waals surface area contributed by atoms with E-state index in [-0.39, 0.29) is 0 Å². The number of hydrogen-bond acceptors (Lipinski definition) is 3. The van der Waals surface area contributed by atoms with Gasteiger partial charge in [-0.3, -0.25) is 4.90 Å². The van der Waals surface area contributed by atoms with Crippen molar-refractivity contribution in [1.82, 2.24) is 9.21 Å². The Morgan fingerprint density at radius 1 is 1.19 bits per heavy atom. The highest BCUT2D eigenvalue weighted by Gasteiger charge is 2.39. The molecule has 2 saturated heterocycles. The molecule has 2 aliphatic heterocycles. The first-order valence-electron chi connectivity index (χ1n) is 7.38. The van der Waals surface area contributed by atoms with Crippen molar-refractivity contribution in [3.8, 4) is 0 Å². The fourth-order valence-electron chi connectivity index (χ4n) is 3.45. The topological polar surface area (TPSA) is 40.6 Å². The molecule has 0 N–H and O–H groups in total. The molecule has 0 spiro atoms. The summed E-state index contributed by atoms with van der Waals surface area (Å²) in [6.45, 7) is 3.19. The van der Waals surface area contributed by atoms with E-state index in [4.69, 9.17) is 0 Å². The van der Waals surface area contributed by atoms with E-state index in [0.29, 0.717) is 34.5 Å². The van der Waals surface area contributed by atoms with E-state index in [1.165, 1.54) is 6.42 Å². The van der Waals surface area contributed by atoms with Crippen LogP contribution in [-0.2, 0) is 10.0 Å². The van der Waals surface area contributed by atoms with Gasteiger partial charge in [-0.1, -0.05) is 6.07 Å². The highest BCUT2D eigenvalue weighted by molar-refractivity contribution is 9.10. The van der Waals surface area contributed by atoms with Crippen LogP contribution in [0.2, 0.25) is 0 Å². The van der Waals surface area contributed by atoms with E-state index >= 15 is 0 Å². The number of hydrogen-bond donors (Lipinski definition) is 0. The zero-order valence-corrected chi connectivity index (χ0v) is 14.8. The molecule has 21 heavy (non-hydrogen) atoms. The van der Waals surface area contributed by atoms with E-state index in [2.05, 4.69) is 27.9 Å². The molecule has 2 atom stereocenters. The van der Waals surface area contributed by atoms with Crippen LogP contribution >= 0.6 is 15.9 Å². The smallest absolute Gasteiger partial charge is 0.244 e. The SMILES string of the molecule is Cc1ccc(S(=O)(=O)N2CCC3CCC(C2)N3C)c(Br)c1. The molecule has 2 unspecified atom stereocenters. The number of benzene rings is 1. The van der Waals surface area contributed by atoms with Gasteiger partial charge in [0.15, 0.2) is 0 Å². The summed E-state index contributed by atoms with van der Waals surface area (Å²) in [6, 6.07) is 6.33. The van der Waals surface area contributed by atoms with Crippen LogP contribution in [0, 0.1) is 6.92 Å². The molecule has 2 aliphatic rings. The molecule has 3 rings (SSSR count). The van der Waals surface area contributed by atoms with E-state index < -0.39 is 10.0 Å². The predicted octanol–water partition coefficient (Wildman–Crippen LogP) is 2.61. The summed E-state index contributed by atoms with van der Waals surface area (Å²) in [6.07, 6.45) is 3.22. The molecule has 2 heterocycles. The highest BCUT2D eigenvalue weighted by Crippen LogP contribution is 2.32. The van der Waals surface area contributed by atoms with Gasteiger partial charge in [-0.25, -0.2) is 8.42 Å². The summed E-state index contributed by atoms with van der Waals surface area (Å²) in [5.41, 5.74) is 1.05. The molecule has 1 aromatic rings. The Bertz CT molecular complexity index is 647. The lowest BCUT2D eigenvalue weighted by molar-refractivity contribution is 0.246. The molecule has 116 valence electrons. The van der Waals surface area contributed by atoms with Crippen molar-refractivity contribution in [1.29, 1.82) is 0 Å². The number of nitrogens with zero attached hydrogens (tertiary/aromatic N) is 2. The van der Waals surface area contributed by atoms with Gasteiger partial charge in [0.1, 0.15) is 0 Å². The molecular formula is C15H21BrN2O2S. The number of fused-ring (bicyclic) bond motifs is 2. The maximum absolute atomic E-state index is 12.9. The lowest BCUT2D eigenvalue weighted by atomic mass is 10.1. The van der Waals surface area contributed by atoms with Crippen LogP contribution in [0.25, 0.3) is 0 Å². The maximum Gasteiger partial charge on any atom is 0.244 e. The monoisotopic (exact) mass is 372 g/mol. The molecule has 2 bridgehead atoms. The van der Waals surface area contributed by atoms with Crippen molar-refractivity contribution < 1.29 is 8.42 Å². The van der Waals surface area contributed by atoms with Crippen molar-refractivity contribution in [3.63, 3.8) is 0 Å². The highest BCUT2D eigenvalue weighted by atomic mass is 79.9. The van der Waals surface area contributed by atoms with Gasteiger partial charge in [0, 0.05) is 29.6 Å². The number of halogens is 1. The van der Waals surface area contributed by atoms with Crippen LogP contribution in [0.1, 0.15) is 24.8 Å². The second-order valence-corrected chi connectivity index (χ2v) is 8.90. The van der Waals surface area contributed by atoms with Crippen LogP contribution in [0.15, 0.2) is 27.6 Å². The second-order valence-electron chi connectivity index (χ2n) is 6.14. The Morgan fingerprint density at radius 3 is 2.62 bits per heavy atom. The number of sulfonamides is 1. The lowest BCUT2D eigenvalue weighted by Crippen LogP contribution is -2.39. The molecule has 0 amide bonds. The third kappa shape index (κ3) is 2.79. The second kappa shape index (κ2) is 5.65. The molecule has 0 aromatic heterocycles. The van der Waals surface area contributed by atoms with Crippen LogP contribution in [0.3, 0.4) is 0 Å². The Labute approximate surface area is 135 Å². The predicted molar refractivity (Wildman–Crippen MR) is 86.8 cm³/mol. The summed E-state index contributed by atoms with van der Waals surface area (Å²) in [7, 11) is -1.29. The fraction of sp³-hybridized carbons (Fsp3) is 0.600. The van der Waals surface area contributed by atoms with Crippen LogP contribution in [0.5, 0.6) is 0 Å². The van der Waals surface area contributed by atoms with Gasteiger partial charge in [0.2, 0.25) is 10.0 Å². The quantitative estimate of drug-likeness (QED) is 0.800. The molecule has 6 heteroatoms. The van der Waals surface area contributed by atoms with Crippen molar-refractivity contribution in [2.45, 2.75) is 43.2 Å². The largest absolute Gasteiger partial charge is 0.299 e. The normalized spacial score (nSPS) is 27.8. The summed E-state index contributed by atoms with van der Waals surface area (Å²) >= 11 is 3.41. The van der Waals surface area contributed by atoms with Gasteiger partial charge in [0.25, 0.3) is 0 Å². The fourth-order valence-corrected chi connectivity index (χ4v) is 6.09. The van der Waals surface area contributed by atoms with Gasteiger partial charge >= 0.3 is 0 Å². The van der Waals surface area contributed by atoms with E-state index in [9.17, 15) is 8.42 Å². The van der Waals surface area contributed by atoms with Crippen LogP contribution in [-0.4, -0.2) is 49.8 Å². The lowest BCUT2D eigenvalue weighted by Gasteiger charge is -2.25. The Morgan fingerprint density at radius 2 is 1.90 bits per heavy atom. The standard InChI is InChI=1S/C15H21BrN2O2S/c1-11-3-6-15(14(16)9-11)21(19,20)18-8-7-12-4-5-13(10-18)17(12)2/h3,6,9,12-13H,4-5,7-8,10H2,1-2H3. The number of aryl methyl sites for hydroxylation is 1. The van der Waals surface area contributed by atoms with Crippen molar-refractivity contribution in [2.24, 2.45) is 0 Å². The van der Waals surface area contributed by atoms with Crippen molar-refractivity contribution in [2.75, 3.05) is 20.1 Å². The maximum atomic E-state index is 12.9. The first-order valence-corrected chi connectivity index (χ1v) is 9.61. The Kier molecular flexibility index (Phi) is 4.16. The average Bonchev–Trinajstić information content (AvgIpc) is 2.61. The van der Waals surface area contributed by atoms with Crippen molar-refractivity contribution in [3.05, 3.63) is 28.2 Å². The van der Waals surface area contributed by atoms with Gasteiger partial charge < -0.3 is 0 Å². The van der Waals surface area contributed by atoms with E-state index in [0.717, 1.165) is 18.4 Å². The first kappa shape index (κ1) is 15.5. The third-order valence-corrected chi connectivity index (χ3v) is 7.66. The molecule has 0 aliphatic carbocycles. The van der Waals surface area contributed by atoms with Gasteiger partial charge in [0.05, 0.1) is 4.90 Å². The Hall–Kier alpha value is -0.430. The van der Waals surface area contributed by atoms with Crippen LogP contribution < -0.4 is 0 Å². The summed E-state index contributed by atoms with van der Waals surface area (Å²) in [5.74, 6) is 0. The van der Waals surface area contributed by atoms with Gasteiger partial charge in [-0.2, -0.15) is 4.31 Å². The van der Waals surface area contributed by atoms with E-state index in [1.807, 2.05) is 19.1 Å². The average molecular weight is 373 g/mol. The van der Waals surface area contributed by atoms with E-state index in [1.54, 1.807) is 10.4 Å². The van der Waals surface area contributed by atoms with Gasteiger partial charge in [-0.15, -0.1) is 0 Å². The minimum absolute atomic E-state index is 0.358. The molecule has 4 nitrogen and oxygen atoms in total. The minimum atomic E-state index is -3.42.